The summed E-state index contributed by atoms with van der Waals surface area (Å²) in [6, 6.07) is 5.97. The van der Waals surface area contributed by atoms with Gasteiger partial charge in [0.25, 0.3) is 0 Å². The molecule has 0 amide bonds. The first-order valence-corrected chi connectivity index (χ1v) is 7.11. The van der Waals surface area contributed by atoms with Crippen molar-refractivity contribution in [1.29, 1.82) is 0 Å². The smallest absolute Gasteiger partial charge is 0.158 e. The van der Waals surface area contributed by atoms with Gasteiger partial charge in [0.15, 0.2) is 5.82 Å². The Kier molecular flexibility index (Phi) is 5.57. The summed E-state index contributed by atoms with van der Waals surface area (Å²) in [4.78, 5) is 8.85. The highest BCUT2D eigenvalue weighted by Crippen LogP contribution is 2.14. The maximum Gasteiger partial charge on any atom is 0.158 e. The second-order valence-corrected chi connectivity index (χ2v) is 4.85. The first-order chi connectivity index (χ1) is 10.2. The van der Waals surface area contributed by atoms with Gasteiger partial charge in [-0.2, -0.15) is 0 Å². The van der Waals surface area contributed by atoms with Crippen molar-refractivity contribution in [2.75, 3.05) is 24.3 Å². The zero-order chi connectivity index (χ0) is 15.1. The Hall–Kier alpha value is -2.08. The molecule has 0 aliphatic carbocycles. The molecule has 1 unspecified atom stereocenters. The van der Waals surface area contributed by atoms with E-state index in [1.165, 1.54) is 0 Å². The summed E-state index contributed by atoms with van der Waals surface area (Å²) in [6.07, 6.45) is 2.49. The fourth-order valence-electron chi connectivity index (χ4n) is 2.07. The number of hydrogen-bond acceptors (Lipinski definition) is 6. The number of nitrogens with one attached hydrogen (secondary N) is 2. The molecule has 2 heterocycles. The largest absolute Gasteiger partial charge is 0.469 e. The normalized spacial score (nSPS) is 12.1. The zero-order valence-corrected chi connectivity index (χ0v) is 12.7. The Morgan fingerprint density at radius 1 is 1.33 bits per heavy atom. The molecule has 2 aromatic heterocycles. The van der Waals surface area contributed by atoms with Crippen LogP contribution in [0.2, 0.25) is 0 Å². The Bertz CT molecular complexity index is 518. The molecular formula is C15H22N4O2. The second-order valence-electron chi connectivity index (χ2n) is 4.85. The van der Waals surface area contributed by atoms with Crippen LogP contribution in [0.4, 0.5) is 11.6 Å². The Morgan fingerprint density at radius 2 is 2.14 bits per heavy atom. The van der Waals surface area contributed by atoms with Crippen LogP contribution in [0.3, 0.4) is 0 Å². The predicted molar refractivity (Wildman–Crippen MR) is 82.4 cm³/mol. The lowest BCUT2D eigenvalue weighted by atomic mass is 10.2. The summed E-state index contributed by atoms with van der Waals surface area (Å²) in [6.45, 7) is 5.32. The van der Waals surface area contributed by atoms with Crippen molar-refractivity contribution >= 4 is 11.6 Å². The number of ether oxygens (including phenoxy) is 1. The summed E-state index contributed by atoms with van der Waals surface area (Å²) in [7, 11) is 1.63. The molecule has 0 aromatic carbocycles. The number of aromatic nitrogens is 2. The van der Waals surface area contributed by atoms with E-state index in [4.69, 9.17) is 9.15 Å². The van der Waals surface area contributed by atoms with Gasteiger partial charge in [-0.15, -0.1) is 0 Å². The van der Waals surface area contributed by atoms with Crippen LogP contribution in [0.15, 0.2) is 28.9 Å². The van der Waals surface area contributed by atoms with Crippen LogP contribution in [0, 0.1) is 0 Å². The molecule has 2 N–H and O–H groups in total. The van der Waals surface area contributed by atoms with E-state index >= 15 is 0 Å². The van der Waals surface area contributed by atoms with Crippen LogP contribution < -0.4 is 10.6 Å². The molecule has 2 aromatic rings. The van der Waals surface area contributed by atoms with Gasteiger partial charge in [-0.3, -0.25) is 0 Å². The standard InChI is InChI=1S/C15H22N4O2/c1-4-16-13-9-14(19-15(18-13)10-20-3)17-11(2)8-12-6-5-7-21-12/h5-7,9,11H,4,8,10H2,1-3H3,(H2,16,17,18,19). The third-order valence-electron chi connectivity index (χ3n) is 2.89. The summed E-state index contributed by atoms with van der Waals surface area (Å²) < 4.78 is 10.5. The molecule has 0 saturated carbocycles. The lowest BCUT2D eigenvalue weighted by molar-refractivity contribution is 0.178. The van der Waals surface area contributed by atoms with Gasteiger partial charge in [0, 0.05) is 32.2 Å². The second kappa shape index (κ2) is 7.64. The minimum absolute atomic E-state index is 0.205. The van der Waals surface area contributed by atoms with E-state index in [-0.39, 0.29) is 6.04 Å². The van der Waals surface area contributed by atoms with Crippen LogP contribution in [0.25, 0.3) is 0 Å². The summed E-state index contributed by atoms with van der Waals surface area (Å²) >= 11 is 0. The van der Waals surface area contributed by atoms with E-state index in [2.05, 4.69) is 27.5 Å². The van der Waals surface area contributed by atoms with Gasteiger partial charge in [-0.25, -0.2) is 9.97 Å². The Balaban J connectivity index is 2.06. The fourth-order valence-corrected chi connectivity index (χ4v) is 2.07. The van der Waals surface area contributed by atoms with Crippen LogP contribution in [0.5, 0.6) is 0 Å². The SMILES string of the molecule is CCNc1cc(NC(C)Cc2ccco2)nc(COC)n1. The lowest BCUT2D eigenvalue weighted by Gasteiger charge is -2.15. The molecule has 1 atom stereocenters. The number of rotatable bonds is 8. The topological polar surface area (TPSA) is 72.2 Å². The number of nitrogens with zero attached hydrogens (tertiary/aromatic N) is 2. The molecule has 0 spiro atoms. The molecular weight excluding hydrogens is 268 g/mol. The van der Waals surface area contributed by atoms with Crippen molar-refractivity contribution in [3.8, 4) is 0 Å². The van der Waals surface area contributed by atoms with Crippen molar-refractivity contribution in [2.24, 2.45) is 0 Å². The summed E-state index contributed by atoms with van der Waals surface area (Å²) in [5, 5.41) is 6.57. The molecule has 6 nitrogen and oxygen atoms in total. The number of furan rings is 1. The van der Waals surface area contributed by atoms with Crippen molar-refractivity contribution in [3.63, 3.8) is 0 Å². The average Bonchev–Trinajstić information content (AvgIpc) is 2.91. The van der Waals surface area contributed by atoms with E-state index in [9.17, 15) is 0 Å². The molecule has 0 aliphatic heterocycles. The number of hydrogen-bond donors (Lipinski definition) is 2. The average molecular weight is 290 g/mol. The van der Waals surface area contributed by atoms with Crippen LogP contribution in [0.1, 0.15) is 25.4 Å². The van der Waals surface area contributed by atoms with Crippen molar-refractivity contribution in [1.82, 2.24) is 9.97 Å². The maximum absolute atomic E-state index is 5.36. The van der Waals surface area contributed by atoms with Gasteiger partial charge in [0.1, 0.15) is 24.0 Å². The first kappa shape index (κ1) is 15.3. The monoisotopic (exact) mass is 290 g/mol. The van der Waals surface area contributed by atoms with E-state index in [0.29, 0.717) is 12.4 Å². The van der Waals surface area contributed by atoms with Crippen molar-refractivity contribution in [3.05, 3.63) is 36.0 Å². The molecule has 0 aliphatic rings. The van der Waals surface area contributed by atoms with Gasteiger partial charge >= 0.3 is 0 Å². The quantitative estimate of drug-likeness (QED) is 0.779. The number of anilines is 2. The van der Waals surface area contributed by atoms with Gasteiger partial charge in [-0.05, 0) is 26.0 Å². The van der Waals surface area contributed by atoms with E-state index in [0.717, 1.165) is 30.4 Å². The van der Waals surface area contributed by atoms with E-state index in [1.54, 1.807) is 13.4 Å². The fraction of sp³-hybridized carbons (Fsp3) is 0.467. The van der Waals surface area contributed by atoms with Crippen LogP contribution in [-0.2, 0) is 17.8 Å². The molecule has 114 valence electrons. The minimum atomic E-state index is 0.205. The van der Waals surface area contributed by atoms with Gasteiger partial charge in [0.05, 0.1) is 6.26 Å². The molecule has 2 rings (SSSR count). The van der Waals surface area contributed by atoms with E-state index < -0.39 is 0 Å². The summed E-state index contributed by atoms with van der Waals surface area (Å²) in [5.41, 5.74) is 0. The van der Waals surface area contributed by atoms with Gasteiger partial charge in [0.2, 0.25) is 0 Å². The van der Waals surface area contributed by atoms with Gasteiger partial charge < -0.3 is 19.8 Å². The van der Waals surface area contributed by atoms with Gasteiger partial charge in [-0.1, -0.05) is 0 Å². The molecule has 6 heteroatoms. The molecule has 21 heavy (non-hydrogen) atoms. The van der Waals surface area contributed by atoms with E-state index in [1.807, 2.05) is 25.1 Å². The highest BCUT2D eigenvalue weighted by atomic mass is 16.5. The molecule has 0 radical (unpaired) electrons. The van der Waals surface area contributed by atoms with Crippen molar-refractivity contribution in [2.45, 2.75) is 32.9 Å². The molecule has 0 bridgehead atoms. The van der Waals surface area contributed by atoms with Crippen LogP contribution in [-0.4, -0.2) is 29.7 Å². The molecule has 0 saturated heterocycles. The summed E-state index contributed by atoms with van der Waals surface area (Å²) in [5.74, 6) is 3.19. The minimum Gasteiger partial charge on any atom is -0.469 e. The number of methoxy groups -OCH3 is 1. The third kappa shape index (κ3) is 4.75. The highest BCUT2D eigenvalue weighted by Gasteiger charge is 2.09. The third-order valence-corrected chi connectivity index (χ3v) is 2.89. The Labute approximate surface area is 124 Å². The maximum atomic E-state index is 5.36. The van der Waals surface area contributed by atoms with Crippen LogP contribution >= 0.6 is 0 Å². The molecule has 0 fully saturated rings. The zero-order valence-electron chi connectivity index (χ0n) is 12.7. The lowest BCUT2D eigenvalue weighted by Crippen LogP contribution is -2.19. The first-order valence-electron chi connectivity index (χ1n) is 7.11. The predicted octanol–water partition coefficient (Wildman–Crippen LogP) is 2.69. The van der Waals surface area contributed by atoms with Crippen molar-refractivity contribution < 1.29 is 9.15 Å². The Morgan fingerprint density at radius 3 is 2.81 bits per heavy atom. The highest BCUT2D eigenvalue weighted by molar-refractivity contribution is 5.48.